The van der Waals surface area contributed by atoms with Crippen molar-refractivity contribution in [2.24, 2.45) is 0 Å². The van der Waals surface area contributed by atoms with E-state index < -0.39 is 23.3 Å². The molecule has 1 aliphatic rings. The van der Waals surface area contributed by atoms with Gasteiger partial charge in [0.25, 0.3) is 5.91 Å². The van der Waals surface area contributed by atoms with Crippen molar-refractivity contribution in [1.82, 2.24) is 0 Å². The lowest BCUT2D eigenvalue weighted by molar-refractivity contribution is -0.126. The van der Waals surface area contributed by atoms with E-state index in [2.05, 4.69) is 0 Å². The van der Waals surface area contributed by atoms with Crippen LogP contribution in [0.1, 0.15) is 43.0 Å². The number of fused-ring (bicyclic) bond motifs is 1. The van der Waals surface area contributed by atoms with Crippen molar-refractivity contribution in [2.75, 3.05) is 4.90 Å². The molecule has 0 spiro atoms. The van der Waals surface area contributed by atoms with Gasteiger partial charge in [-0.15, -0.1) is 0 Å². The van der Waals surface area contributed by atoms with Crippen LogP contribution in [0, 0.1) is 13.8 Å². The topological polar surface area (TPSA) is 46.6 Å². The van der Waals surface area contributed by atoms with Gasteiger partial charge in [-0.1, -0.05) is 41.5 Å². The summed E-state index contributed by atoms with van der Waals surface area (Å²) in [6.07, 6.45) is -0.876. The van der Waals surface area contributed by atoms with Crippen LogP contribution in [0.25, 0.3) is 0 Å². The molecule has 4 nitrogen and oxygen atoms in total. The lowest BCUT2D eigenvalue weighted by atomic mass is 9.88. The Kier molecular flexibility index (Phi) is 4.14. The maximum atomic E-state index is 16.2. The first-order valence-electron chi connectivity index (χ1n) is 8.49. The van der Waals surface area contributed by atoms with Gasteiger partial charge < -0.3 is 4.74 Å². The van der Waals surface area contributed by atoms with Crippen LogP contribution in [0.5, 0.6) is 0 Å². The highest BCUT2D eigenvalue weighted by Crippen LogP contribution is 2.48. The number of ether oxygens (including phenoxy) is 1. The third-order valence-electron chi connectivity index (χ3n) is 4.29. The lowest BCUT2D eigenvalue weighted by Crippen LogP contribution is -2.44. The molecule has 0 bridgehead atoms. The van der Waals surface area contributed by atoms with E-state index >= 15 is 4.39 Å². The molecule has 2 aromatic carbocycles. The molecule has 0 saturated heterocycles. The normalized spacial score (nSPS) is 19.5. The van der Waals surface area contributed by atoms with Crippen LogP contribution in [0.15, 0.2) is 42.5 Å². The molecule has 26 heavy (non-hydrogen) atoms. The number of halogens is 1. The van der Waals surface area contributed by atoms with E-state index in [0.29, 0.717) is 0 Å². The van der Waals surface area contributed by atoms with Gasteiger partial charge >= 0.3 is 6.09 Å². The quantitative estimate of drug-likeness (QED) is 0.738. The summed E-state index contributed by atoms with van der Waals surface area (Å²) in [5.41, 5.74) is -0.881. The number of alkyl halides is 1. The fourth-order valence-corrected chi connectivity index (χ4v) is 3.05. The van der Waals surface area contributed by atoms with Crippen LogP contribution in [0.3, 0.4) is 0 Å². The summed E-state index contributed by atoms with van der Waals surface area (Å²) in [6, 6.07) is 11.6. The number of carbonyl (C=O) groups excluding carboxylic acids is 2. The van der Waals surface area contributed by atoms with Gasteiger partial charge in [0.05, 0.1) is 5.69 Å². The predicted molar refractivity (Wildman–Crippen MR) is 98.0 cm³/mol. The van der Waals surface area contributed by atoms with Gasteiger partial charge in [0, 0.05) is 11.1 Å². The van der Waals surface area contributed by atoms with Crippen molar-refractivity contribution in [1.29, 1.82) is 0 Å². The average molecular weight is 355 g/mol. The Morgan fingerprint density at radius 2 is 1.62 bits per heavy atom. The summed E-state index contributed by atoms with van der Waals surface area (Å²) in [6.45, 7) is 8.80. The molecular weight excluding hydrogens is 333 g/mol. The number of imide groups is 1. The van der Waals surface area contributed by atoms with Gasteiger partial charge in [0.2, 0.25) is 5.67 Å². The number of rotatable bonds is 1. The van der Waals surface area contributed by atoms with Crippen molar-refractivity contribution >= 4 is 17.7 Å². The third kappa shape index (κ3) is 2.87. The lowest BCUT2D eigenvalue weighted by Gasteiger charge is -2.24. The molecule has 0 aliphatic carbocycles. The molecule has 0 N–H and O–H groups in total. The fraction of sp³-hybridized carbons (Fsp3) is 0.333. The molecular formula is C21H22FNO3. The van der Waals surface area contributed by atoms with Gasteiger partial charge in [-0.2, -0.15) is 0 Å². The predicted octanol–water partition coefficient (Wildman–Crippen LogP) is 4.80. The van der Waals surface area contributed by atoms with E-state index in [1.807, 2.05) is 13.8 Å². The first-order valence-corrected chi connectivity index (χ1v) is 8.49. The summed E-state index contributed by atoms with van der Waals surface area (Å²) in [5, 5.41) is 0. The Labute approximate surface area is 152 Å². The molecule has 0 fully saturated rings. The minimum Gasteiger partial charge on any atom is -0.443 e. The highest BCUT2D eigenvalue weighted by Gasteiger charge is 2.56. The number of anilines is 1. The second-order valence-electron chi connectivity index (χ2n) is 7.67. The maximum absolute atomic E-state index is 16.2. The Bertz CT molecular complexity index is 883. The van der Waals surface area contributed by atoms with Gasteiger partial charge in [0.1, 0.15) is 5.60 Å². The highest BCUT2D eigenvalue weighted by molar-refractivity contribution is 6.21. The van der Waals surface area contributed by atoms with E-state index in [1.54, 1.807) is 63.2 Å². The SMILES string of the molecule is Cc1ccc([C@@]2(F)C(=O)N(C(=O)OC(C)(C)C)c3ccc(C)cc32)cc1. The second-order valence-corrected chi connectivity index (χ2v) is 7.67. The molecule has 0 saturated carbocycles. The minimum absolute atomic E-state index is 0.164. The highest BCUT2D eigenvalue weighted by atomic mass is 19.1. The third-order valence-corrected chi connectivity index (χ3v) is 4.29. The number of amides is 2. The van der Waals surface area contributed by atoms with Crippen molar-refractivity contribution in [3.63, 3.8) is 0 Å². The van der Waals surface area contributed by atoms with E-state index in [9.17, 15) is 9.59 Å². The molecule has 0 radical (unpaired) electrons. The van der Waals surface area contributed by atoms with E-state index in [0.717, 1.165) is 16.0 Å². The Morgan fingerprint density at radius 3 is 2.19 bits per heavy atom. The molecule has 1 aliphatic heterocycles. The number of carbonyl (C=O) groups is 2. The minimum atomic E-state index is -2.42. The molecule has 1 heterocycles. The van der Waals surface area contributed by atoms with Crippen LogP contribution >= 0.6 is 0 Å². The number of hydrogen-bond donors (Lipinski definition) is 0. The van der Waals surface area contributed by atoms with Crippen LogP contribution in [0.2, 0.25) is 0 Å². The van der Waals surface area contributed by atoms with Crippen LogP contribution < -0.4 is 4.90 Å². The van der Waals surface area contributed by atoms with Crippen LogP contribution in [-0.4, -0.2) is 17.6 Å². The summed E-state index contributed by atoms with van der Waals surface area (Å²) in [5.74, 6) is -0.948. The second kappa shape index (κ2) is 5.94. The standard InChI is InChI=1S/C21H22FNO3/c1-13-6-9-15(10-7-13)21(22)16-12-14(2)8-11-17(16)23(18(21)24)19(25)26-20(3,4)5/h6-12H,1-5H3/t21-/m0/s1. The zero-order valence-corrected chi connectivity index (χ0v) is 15.6. The largest absolute Gasteiger partial charge is 0.443 e. The molecule has 2 amide bonds. The monoisotopic (exact) mass is 355 g/mol. The maximum Gasteiger partial charge on any atom is 0.421 e. The first kappa shape index (κ1) is 18.1. The van der Waals surface area contributed by atoms with Gasteiger partial charge in [-0.25, -0.2) is 14.1 Å². The average Bonchev–Trinajstić information content (AvgIpc) is 2.75. The van der Waals surface area contributed by atoms with Crippen molar-refractivity contribution in [3.8, 4) is 0 Å². The fourth-order valence-electron chi connectivity index (χ4n) is 3.05. The van der Waals surface area contributed by atoms with Gasteiger partial charge in [0.15, 0.2) is 0 Å². The molecule has 136 valence electrons. The Hall–Kier alpha value is -2.69. The Balaban J connectivity index is 2.16. The molecule has 2 aromatic rings. The first-order chi connectivity index (χ1) is 12.0. The molecule has 1 atom stereocenters. The van der Waals surface area contributed by atoms with Crippen molar-refractivity contribution in [2.45, 2.75) is 45.9 Å². The summed E-state index contributed by atoms with van der Waals surface area (Å²) < 4.78 is 21.5. The number of aryl methyl sites for hydroxylation is 2. The van der Waals surface area contributed by atoms with E-state index in [-0.39, 0.29) is 16.8 Å². The zero-order valence-electron chi connectivity index (χ0n) is 15.6. The summed E-state index contributed by atoms with van der Waals surface area (Å²) in [4.78, 5) is 26.5. The molecule has 0 aromatic heterocycles. The molecule has 5 heteroatoms. The summed E-state index contributed by atoms with van der Waals surface area (Å²) in [7, 11) is 0. The molecule has 3 rings (SSSR count). The summed E-state index contributed by atoms with van der Waals surface area (Å²) >= 11 is 0. The van der Waals surface area contributed by atoms with E-state index in [4.69, 9.17) is 4.74 Å². The number of hydrogen-bond acceptors (Lipinski definition) is 3. The van der Waals surface area contributed by atoms with E-state index in [1.165, 1.54) is 0 Å². The van der Waals surface area contributed by atoms with Crippen LogP contribution in [0.4, 0.5) is 14.9 Å². The van der Waals surface area contributed by atoms with Gasteiger partial charge in [-0.3, -0.25) is 4.79 Å². The zero-order chi connectivity index (χ0) is 19.3. The van der Waals surface area contributed by atoms with Crippen molar-refractivity contribution < 1.29 is 18.7 Å². The molecule has 0 unspecified atom stereocenters. The Morgan fingerprint density at radius 1 is 1.04 bits per heavy atom. The van der Waals surface area contributed by atoms with Gasteiger partial charge in [-0.05, 0) is 46.8 Å². The smallest absolute Gasteiger partial charge is 0.421 e. The van der Waals surface area contributed by atoms with Crippen LogP contribution in [-0.2, 0) is 15.2 Å². The number of benzene rings is 2. The van der Waals surface area contributed by atoms with Crippen molar-refractivity contribution in [3.05, 3.63) is 64.7 Å². The number of nitrogens with zero attached hydrogens (tertiary/aromatic N) is 1.